The largest absolute Gasteiger partial charge is 0.375 e. The van der Waals surface area contributed by atoms with Gasteiger partial charge in [0.25, 0.3) is 0 Å². The van der Waals surface area contributed by atoms with Gasteiger partial charge in [-0.05, 0) is 17.5 Å². The molecule has 0 atom stereocenters. The van der Waals surface area contributed by atoms with Crippen LogP contribution >= 0.6 is 11.3 Å². The maximum absolute atomic E-state index is 11.7. The average molecular weight is 275 g/mol. The lowest BCUT2D eigenvalue weighted by atomic mass is 10.1. The molecule has 2 rings (SSSR count). The maximum atomic E-state index is 11.7. The van der Waals surface area contributed by atoms with Crippen molar-refractivity contribution >= 4 is 22.4 Å². The lowest BCUT2D eigenvalue weighted by Crippen LogP contribution is -2.24. The van der Waals surface area contributed by atoms with Gasteiger partial charge in [-0.2, -0.15) is 0 Å². The van der Waals surface area contributed by atoms with Gasteiger partial charge in [0.2, 0.25) is 5.91 Å². The van der Waals surface area contributed by atoms with Crippen LogP contribution in [0.1, 0.15) is 23.7 Å². The number of hydrogen-bond acceptors (Lipinski definition) is 4. The Morgan fingerprint density at radius 2 is 2.00 bits per heavy atom. The highest BCUT2D eigenvalue weighted by Crippen LogP contribution is 2.11. The number of aromatic nitrogens is 1. The number of aryl methyl sites for hydroxylation is 1. The zero-order valence-corrected chi connectivity index (χ0v) is 11.7. The number of nitrogens with zero attached hydrogens (tertiary/aromatic N) is 1. The van der Waals surface area contributed by atoms with Crippen LogP contribution in [-0.2, 0) is 24.2 Å². The molecule has 0 fully saturated rings. The quantitative estimate of drug-likeness (QED) is 0.878. The fourth-order valence-electron chi connectivity index (χ4n) is 1.72. The van der Waals surface area contributed by atoms with Crippen molar-refractivity contribution in [1.29, 1.82) is 0 Å². The lowest BCUT2D eigenvalue weighted by Gasteiger charge is -2.05. The Balaban J connectivity index is 1.82. The van der Waals surface area contributed by atoms with E-state index >= 15 is 0 Å². The second kappa shape index (κ2) is 6.33. The molecule has 4 nitrogen and oxygen atoms in total. The van der Waals surface area contributed by atoms with Crippen LogP contribution in [-0.4, -0.2) is 10.9 Å². The van der Waals surface area contributed by atoms with Crippen LogP contribution in [0, 0.1) is 0 Å². The van der Waals surface area contributed by atoms with Gasteiger partial charge in [-0.1, -0.05) is 31.2 Å². The second-order valence-corrected chi connectivity index (χ2v) is 5.19. The third kappa shape index (κ3) is 4.06. The topological polar surface area (TPSA) is 68.0 Å². The first-order valence-corrected chi connectivity index (χ1v) is 7.09. The number of carbonyl (C=O) groups is 1. The lowest BCUT2D eigenvalue weighted by molar-refractivity contribution is -0.120. The van der Waals surface area contributed by atoms with Gasteiger partial charge in [-0.3, -0.25) is 4.79 Å². The SMILES string of the molecule is CCc1ccc(CNC(=O)Cc2csc(N)n2)cc1. The van der Waals surface area contributed by atoms with Gasteiger partial charge in [-0.25, -0.2) is 4.98 Å². The molecule has 0 aliphatic heterocycles. The van der Waals surface area contributed by atoms with E-state index < -0.39 is 0 Å². The molecule has 100 valence electrons. The molecule has 0 saturated carbocycles. The Morgan fingerprint density at radius 1 is 1.32 bits per heavy atom. The van der Waals surface area contributed by atoms with Crippen molar-refractivity contribution in [3.8, 4) is 0 Å². The molecule has 0 radical (unpaired) electrons. The van der Waals surface area contributed by atoms with Crippen LogP contribution in [0.2, 0.25) is 0 Å². The summed E-state index contributed by atoms with van der Waals surface area (Å²) in [6, 6.07) is 8.26. The minimum absolute atomic E-state index is 0.0372. The highest BCUT2D eigenvalue weighted by atomic mass is 32.1. The smallest absolute Gasteiger partial charge is 0.226 e. The van der Waals surface area contributed by atoms with E-state index in [1.54, 1.807) is 0 Å². The fraction of sp³-hybridized carbons (Fsp3) is 0.286. The third-order valence-electron chi connectivity index (χ3n) is 2.83. The first-order valence-electron chi connectivity index (χ1n) is 6.21. The van der Waals surface area contributed by atoms with E-state index in [1.807, 2.05) is 17.5 Å². The number of nitrogen functional groups attached to an aromatic ring is 1. The summed E-state index contributed by atoms with van der Waals surface area (Å²) in [4.78, 5) is 15.8. The van der Waals surface area contributed by atoms with Crippen molar-refractivity contribution in [3.05, 3.63) is 46.5 Å². The van der Waals surface area contributed by atoms with E-state index in [2.05, 4.69) is 29.4 Å². The van der Waals surface area contributed by atoms with Crippen LogP contribution in [0.5, 0.6) is 0 Å². The molecular formula is C14H17N3OS. The molecule has 0 aliphatic carbocycles. The highest BCUT2D eigenvalue weighted by Gasteiger charge is 2.06. The zero-order valence-electron chi connectivity index (χ0n) is 10.8. The molecule has 0 saturated heterocycles. The Bertz CT molecular complexity index is 548. The second-order valence-electron chi connectivity index (χ2n) is 4.30. The van der Waals surface area contributed by atoms with Crippen LogP contribution in [0.3, 0.4) is 0 Å². The summed E-state index contributed by atoms with van der Waals surface area (Å²) in [6.07, 6.45) is 1.30. The number of nitrogens with two attached hydrogens (primary N) is 1. The van der Waals surface area contributed by atoms with E-state index in [4.69, 9.17) is 5.73 Å². The normalized spacial score (nSPS) is 10.4. The van der Waals surface area contributed by atoms with E-state index in [0.29, 0.717) is 11.7 Å². The third-order valence-corrected chi connectivity index (χ3v) is 3.55. The van der Waals surface area contributed by atoms with Gasteiger partial charge in [0, 0.05) is 11.9 Å². The Morgan fingerprint density at radius 3 is 2.58 bits per heavy atom. The van der Waals surface area contributed by atoms with Gasteiger partial charge in [0.05, 0.1) is 12.1 Å². The van der Waals surface area contributed by atoms with Crippen molar-refractivity contribution in [2.24, 2.45) is 0 Å². The standard InChI is InChI=1S/C14H17N3OS/c1-2-10-3-5-11(6-4-10)8-16-13(18)7-12-9-19-14(15)17-12/h3-6,9H,2,7-8H2,1H3,(H2,15,17)(H,16,18). The summed E-state index contributed by atoms with van der Waals surface area (Å²) in [5.41, 5.74) is 8.65. The van der Waals surface area contributed by atoms with Crippen molar-refractivity contribution in [2.45, 2.75) is 26.3 Å². The maximum Gasteiger partial charge on any atom is 0.226 e. The molecule has 19 heavy (non-hydrogen) atoms. The number of anilines is 1. The van der Waals surface area contributed by atoms with Gasteiger partial charge < -0.3 is 11.1 Å². The van der Waals surface area contributed by atoms with Crippen molar-refractivity contribution in [1.82, 2.24) is 10.3 Å². The molecule has 1 aromatic heterocycles. The molecule has 5 heteroatoms. The Labute approximate surface area is 116 Å². The molecule has 0 spiro atoms. The van der Waals surface area contributed by atoms with Crippen molar-refractivity contribution < 1.29 is 4.79 Å². The van der Waals surface area contributed by atoms with E-state index in [1.165, 1.54) is 16.9 Å². The first-order chi connectivity index (χ1) is 9.17. The molecule has 2 aromatic rings. The van der Waals surface area contributed by atoms with E-state index in [9.17, 15) is 4.79 Å². The van der Waals surface area contributed by atoms with Gasteiger partial charge in [0.1, 0.15) is 0 Å². The summed E-state index contributed by atoms with van der Waals surface area (Å²) in [5, 5.41) is 5.19. The molecule has 3 N–H and O–H groups in total. The summed E-state index contributed by atoms with van der Waals surface area (Å²) in [5.74, 6) is -0.0372. The number of rotatable bonds is 5. The number of hydrogen-bond donors (Lipinski definition) is 2. The summed E-state index contributed by atoms with van der Waals surface area (Å²) in [7, 11) is 0. The van der Waals surface area contributed by atoms with Crippen LogP contribution < -0.4 is 11.1 Å². The molecular weight excluding hydrogens is 258 g/mol. The van der Waals surface area contributed by atoms with Gasteiger partial charge in [0.15, 0.2) is 5.13 Å². The number of amides is 1. The Hall–Kier alpha value is -1.88. The number of benzene rings is 1. The number of nitrogens with one attached hydrogen (secondary N) is 1. The number of thiazole rings is 1. The Kier molecular flexibility index (Phi) is 4.52. The van der Waals surface area contributed by atoms with Crippen molar-refractivity contribution in [2.75, 3.05) is 5.73 Å². The monoisotopic (exact) mass is 275 g/mol. The van der Waals surface area contributed by atoms with Crippen LogP contribution in [0.15, 0.2) is 29.6 Å². The fourth-order valence-corrected chi connectivity index (χ4v) is 2.29. The van der Waals surface area contributed by atoms with Crippen molar-refractivity contribution in [3.63, 3.8) is 0 Å². The molecule has 0 bridgehead atoms. The summed E-state index contributed by atoms with van der Waals surface area (Å²) in [6.45, 7) is 2.67. The van der Waals surface area contributed by atoms with E-state index in [-0.39, 0.29) is 12.3 Å². The molecule has 1 aromatic carbocycles. The molecule has 0 unspecified atom stereocenters. The number of carbonyl (C=O) groups excluding carboxylic acids is 1. The van der Waals surface area contributed by atoms with E-state index in [0.717, 1.165) is 17.7 Å². The van der Waals surface area contributed by atoms with Crippen LogP contribution in [0.4, 0.5) is 5.13 Å². The minimum atomic E-state index is -0.0372. The van der Waals surface area contributed by atoms with Gasteiger partial charge >= 0.3 is 0 Å². The van der Waals surface area contributed by atoms with Crippen LogP contribution in [0.25, 0.3) is 0 Å². The minimum Gasteiger partial charge on any atom is -0.375 e. The predicted molar refractivity (Wildman–Crippen MR) is 77.9 cm³/mol. The summed E-state index contributed by atoms with van der Waals surface area (Å²) < 4.78 is 0. The molecule has 1 amide bonds. The molecule has 1 heterocycles. The average Bonchev–Trinajstić information content (AvgIpc) is 2.82. The predicted octanol–water partition coefficient (Wildman–Crippen LogP) is 2.15. The zero-order chi connectivity index (χ0) is 13.7. The molecule has 0 aliphatic rings. The summed E-state index contributed by atoms with van der Waals surface area (Å²) >= 11 is 1.35. The highest BCUT2D eigenvalue weighted by molar-refractivity contribution is 7.13. The van der Waals surface area contributed by atoms with Gasteiger partial charge in [-0.15, -0.1) is 11.3 Å². The first kappa shape index (κ1) is 13.5.